The first-order valence-corrected chi connectivity index (χ1v) is 7.55. The number of allylic oxidation sites excluding steroid dienone is 3. The van der Waals surface area contributed by atoms with Gasteiger partial charge in [-0.3, -0.25) is 0 Å². The predicted molar refractivity (Wildman–Crippen MR) is 86.0 cm³/mol. The van der Waals surface area contributed by atoms with Crippen molar-refractivity contribution < 1.29 is 39.8 Å². The third-order valence-electron chi connectivity index (χ3n) is 3.55. The molecule has 140 valence electrons. The average molecular weight is 348 g/mol. The molecule has 0 rings (SSSR count). The molecule has 0 heterocycles. The summed E-state index contributed by atoms with van der Waals surface area (Å²) in [5, 5.41) is 46.6. The lowest BCUT2D eigenvalue weighted by Gasteiger charge is -2.32. The molecule has 0 bridgehead atoms. The van der Waals surface area contributed by atoms with Crippen molar-refractivity contribution in [2.45, 2.75) is 6.92 Å². The minimum absolute atomic E-state index is 0.187. The summed E-state index contributed by atoms with van der Waals surface area (Å²) in [6.45, 7) is -1.33. The first-order valence-electron chi connectivity index (χ1n) is 7.55. The number of carbonyl (C=O) groups is 1. The molecule has 0 aromatic carbocycles. The molecular weight excluding hydrogens is 320 g/mol. The van der Waals surface area contributed by atoms with E-state index in [9.17, 15) is 30.3 Å². The van der Waals surface area contributed by atoms with E-state index < -0.39 is 49.8 Å². The van der Waals surface area contributed by atoms with Crippen molar-refractivity contribution >= 4 is 5.97 Å². The minimum atomic E-state index is -1.23. The first kappa shape index (κ1) is 22.7. The standard InChI is InChI=1S/C16H28O8/c1-2-3-4-5-14(22)24-13-16(9-20,10-21)12-23-11-15(6-17,7-18)8-19/h2-5,17-21H,6-13H2,1H3/b3-2+,5-4+. The van der Waals surface area contributed by atoms with Crippen LogP contribution < -0.4 is 0 Å². The summed E-state index contributed by atoms with van der Waals surface area (Å²) in [6.07, 6.45) is 6.08. The van der Waals surface area contributed by atoms with Crippen LogP contribution in [0.15, 0.2) is 24.3 Å². The Balaban J connectivity index is 4.62. The van der Waals surface area contributed by atoms with Gasteiger partial charge >= 0.3 is 5.97 Å². The van der Waals surface area contributed by atoms with Crippen molar-refractivity contribution in [1.29, 1.82) is 0 Å². The number of aliphatic hydroxyl groups is 5. The number of rotatable bonds is 13. The maximum Gasteiger partial charge on any atom is 0.330 e. The molecule has 0 saturated heterocycles. The second-order valence-corrected chi connectivity index (χ2v) is 5.78. The van der Waals surface area contributed by atoms with Crippen molar-refractivity contribution in [1.82, 2.24) is 0 Å². The van der Waals surface area contributed by atoms with E-state index in [2.05, 4.69) is 0 Å². The molecule has 0 aromatic rings. The highest BCUT2D eigenvalue weighted by atomic mass is 16.5. The van der Waals surface area contributed by atoms with E-state index >= 15 is 0 Å². The van der Waals surface area contributed by atoms with E-state index in [4.69, 9.17) is 9.47 Å². The summed E-state index contributed by atoms with van der Waals surface area (Å²) >= 11 is 0. The van der Waals surface area contributed by atoms with Gasteiger partial charge in [-0.05, 0) is 6.92 Å². The molecule has 0 aliphatic rings. The molecule has 0 radical (unpaired) electrons. The molecule has 8 heteroatoms. The topological polar surface area (TPSA) is 137 Å². The maximum atomic E-state index is 11.5. The number of hydrogen-bond acceptors (Lipinski definition) is 8. The Morgan fingerprint density at radius 1 is 0.833 bits per heavy atom. The summed E-state index contributed by atoms with van der Waals surface area (Å²) in [4.78, 5) is 11.5. The third-order valence-corrected chi connectivity index (χ3v) is 3.55. The molecule has 0 saturated carbocycles. The summed E-state index contributed by atoms with van der Waals surface area (Å²) < 4.78 is 10.3. The monoisotopic (exact) mass is 348 g/mol. The van der Waals surface area contributed by atoms with Crippen LogP contribution in [0.1, 0.15) is 6.92 Å². The van der Waals surface area contributed by atoms with Crippen LogP contribution in [-0.2, 0) is 14.3 Å². The van der Waals surface area contributed by atoms with Gasteiger partial charge in [0.1, 0.15) is 6.61 Å². The molecule has 0 fully saturated rings. The van der Waals surface area contributed by atoms with Gasteiger partial charge in [-0.1, -0.05) is 18.2 Å². The van der Waals surface area contributed by atoms with E-state index in [-0.39, 0.29) is 19.8 Å². The first-order chi connectivity index (χ1) is 11.5. The van der Waals surface area contributed by atoms with Gasteiger partial charge in [-0.2, -0.15) is 0 Å². The number of aliphatic hydroxyl groups excluding tert-OH is 5. The summed E-state index contributed by atoms with van der Waals surface area (Å²) in [5.41, 5.74) is -2.45. The molecule has 0 spiro atoms. The Morgan fingerprint density at radius 3 is 1.79 bits per heavy atom. The Kier molecular flexibility index (Phi) is 11.5. The fourth-order valence-corrected chi connectivity index (χ4v) is 1.56. The van der Waals surface area contributed by atoms with E-state index in [1.807, 2.05) is 0 Å². The third kappa shape index (κ3) is 7.52. The van der Waals surface area contributed by atoms with Crippen LogP contribution in [-0.4, -0.2) is 84.4 Å². The van der Waals surface area contributed by atoms with Crippen LogP contribution in [0.4, 0.5) is 0 Å². The Bertz CT molecular complexity index is 389. The van der Waals surface area contributed by atoms with Crippen molar-refractivity contribution in [2.24, 2.45) is 10.8 Å². The molecule has 0 aliphatic carbocycles. The molecule has 0 aliphatic heterocycles. The van der Waals surface area contributed by atoms with E-state index in [0.29, 0.717) is 0 Å². The average Bonchev–Trinajstić information content (AvgIpc) is 2.62. The lowest BCUT2D eigenvalue weighted by molar-refractivity contribution is -0.149. The van der Waals surface area contributed by atoms with Crippen molar-refractivity contribution in [3.05, 3.63) is 24.3 Å². The molecule has 0 atom stereocenters. The molecule has 24 heavy (non-hydrogen) atoms. The Hall–Kier alpha value is -1.29. The van der Waals surface area contributed by atoms with E-state index in [1.54, 1.807) is 19.1 Å². The number of esters is 1. The van der Waals surface area contributed by atoms with E-state index in [1.165, 1.54) is 12.2 Å². The van der Waals surface area contributed by atoms with Gasteiger partial charge in [0.05, 0.1) is 57.1 Å². The fraction of sp³-hybridized carbons (Fsp3) is 0.688. The Labute approximate surface area is 141 Å². The van der Waals surface area contributed by atoms with Crippen LogP contribution >= 0.6 is 0 Å². The van der Waals surface area contributed by atoms with Crippen LogP contribution in [0.25, 0.3) is 0 Å². The number of carbonyl (C=O) groups excluding carboxylic acids is 1. The van der Waals surface area contributed by atoms with Crippen molar-refractivity contribution in [3.8, 4) is 0 Å². The summed E-state index contributed by atoms with van der Waals surface area (Å²) in [7, 11) is 0. The summed E-state index contributed by atoms with van der Waals surface area (Å²) in [5.74, 6) is -0.630. The molecule has 8 nitrogen and oxygen atoms in total. The van der Waals surface area contributed by atoms with Gasteiger partial charge in [0.2, 0.25) is 0 Å². The van der Waals surface area contributed by atoms with Gasteiger partial charge in [-0.25, -0.2) is 4.79 Å². The highest BCUT2D eigenvalue weighted by molar-refractivity contribution is 5.82. The van der Waals surface area contributed by atoms with Crippen LogP contribution in [0, 0.1) is 10.8 Å². The second-order valence-electron chi connectivity index (χ2n) is 5.78. The normalized spacial score (nSPS) is 13.1. The van der Waals surface area contributed by atoms with Crippen LogP contribution in [0.3, 0.4) is 0 Å². The van der Waals surface area contributed by atoms with Crippen LogP contribution in [0.5, 0.6) is 0 Å². The van der Waals surface area contributed by atoms with E-state index in [0.717, 1.165) is 0 Å². The van der Waals surface area contributed by atoms with Crippen LogP contribution in [0.2, 0.25) is 0 Å². The molecule has 0 amide bonds. The second kappa shape index (κ2) is 12.1. The zero-order valence-electron chi connectivity index (χ0n) is 13.9. The number of ether oxygens (including phenoxy) is 2. The quantitative estimate of drug-likeness (QED) is 0.156. The highest BCUT2D eigenvalue weighted by Gasteiger charge is 2.34. The SMILES string of the molecule is C/C=C/C=C/C(=O)OCC(CO)(CO)COCC(CO)(CO)CO. The van der Waals surface area contributed by atoms with Crippen molar-refractivity contribution in [3.63, 3.8) is 0 Å². The number of hydrogen-bond donors (Lipinski definition) is 5. The highest BCUT2D eigenvalue weighted by Crippen LogP contribution is 2.21. The zero-order chi connectivity index (χ0) is 18.5. The lowest BCUT2D eigenvalue weighted by atomic mass is 9.90. The smallest absolute Gasteiger partial charge is 0.330 e. The molecule has 0 aromatic heterocycles. The molecular formula is C16H28O8. The maximum absolute atomic E-state index is 11.5. The van der Waals surface area contributed by atoms with Gasteiger partial charge in [0.15, 0.2) is 0 Å². The minimum Gasteiger partial charge on any atom is -0.462 e. The Morgan fingerprint density at radius 2 is 1.33 bits per heavy atom. The van der Waals surface area contributed by atoms with Gasteiger partial charge in [0.25, 0.3) is 0 Å². The van der Waals surface area contributed by atoms with Gasteiger partial charge in [0, 0.05) is 6.08 Å². The zero-order valence-corrected chi connectivity index (χ0v) is 13.9. The van der Waals surface area contributed by atoms with Crippen molar-refractivity contribution in [2.75, 3.05) is 52.9 Å². The lowest BCUT2D eigenvalue weighted by Crippen LogP contribution is -2.44. The van der Waals surface area contributed by atoms with Gasteiger partial charge in [-0.15, -0.1) is 0 Å². The van der Waals surface area contributed by atoms with Gasteiger partial charge < -0.3 is 35.0 Å². The fourth-order valence-electron chi connectivity index (χ4n) is 1.56. The largest absolute Gasteiger partial charge is 0.462 e. The predicted octanol–water partition coefficient (Wildman–Crippen LogP) is -1.39. The molecule has 0 unspecified atom stereocenters. The summed E-state index contributed by atoms with van der Waals surface area (Å²) in [6, 6.07) is 0. The molecule has 5 N–H and O–H groups in total.